The van der Waals surface area contributed by atoms with E-state index in [-0.39, 0.29) is 52.9 Å². The van der Waals surface area contributed by atoms with Gasteiger partial charge in [0.25, 0.3) is 0 Å². The summed E-state index contributed by atoms with van der Waals surface area (Å²) in [5.41, 5.74) is 1.36. The molecule has 6 fully saturated rings. The molecule has 0 radical (unpaired) electrons. The van der Waals surface area contributed by atoms with E-state index in [2.05, 4.69) is 32.0 Å². The Morgan fingerprint density at radius 3 is 1.29 bits per heavy atom. The summed E-state index contributed by atoms with van der Waals surface area (Å²) in [4.78, 5) is 28.0. The van der Waals surface area contributed by atoms with Gasteiger partial charge in [-0.05, 0) is 155 Å². The first-order valence-corrected chi connectivity index (χ1v) is 18.1. The summed E-state index contributed by atoms with van der Waals surface area (Å²) in [5.74, 6) is 2.31. The molecule has 0 spiro atoms. The van der Waals surface area contributed by atoms with Gasteiger partial charge in [0.15, 0.2) is 0 Å². The number of halogens is 6. The molecular formula is C40H44F6O2. The smallest absolute Gasteiger partial charge is 0.299 e. The minimum absolute atomic E-state index is 0.0450. The normalized spacial score (nSPS) is 39.3. The van der Waals surface area contributed by atoms with Crippen LogP contribution in [0.3, 0.4) is 0 Å². The molecule has 6 saturated carbocycles. The fourth-order valence-corrected chi connectivity index (χ4v) is 12.6. The van der Waals surface area contributed by atoms with Crippen LogP contribution in [0.2, 0.25) is 0 Å². The Labute approximate surface area is 278 Å². The molecule has 0 amide bonds. The van der Waals surface area contributed by atoms with Gasteiger partial charge in [-0.15, -0.1) is 0 Å². The lowest BCUT2D eigenvalue weighted by Crippen LogP contribution is -2.46. The second kappa shape index (κ2) is 11.4. The molecule has 0 heterocycles. The van der Waals surface area contributed by atoms with Crippen molar-refractivity contribution in [3.05, 3.63) is 69.8 Å². The van der Waals surface area contributed by atoms with Crippen molar-refractivity contribution in [1.82, 2.24) is 0 Å². The number of fused-ring (bicyclic) bond motifs is 9. The number of benzene rings is 2. The molecule has 0 saturated heterocycles. The lowest BCUT2D eigenvalue weighted by atomic mass is 9.53. The second-order valence-corrected chi connectivity index (χ2v) is 16.5. The number of aryl methyl sites for hydroxylation is 2. The highest BCUT2D eigenvalue weighted by Crippen LogP contribution is 2.66. The molecular weight excluding hydrogens is 626 g/mol. The van der Waals surface area contributed by atoms with Crippen molar-refractivity contribution in [2.45, 2.75) is 102 Å². The topological polar surface area (TPSA) is 34.1 Å². The molecule has 2 nitrogen and oxygen atoms in total. The number of alkyl halides is 6. The summed E-state index contributed by atoms with van der Waals surface area (Å²) in [6.45, 7) is 4.27. The molecule has 0 aromatic heterocycles. The summed E-state index contributed by atoms with van der Waals surface area (Å²) in [6, 6.07) is 8.69. The zero-order valence-corrected chi connectivity index (χ0v) is 27.5. The van der Waals surface area contributed by atoms with Gasteiger partial charge in [0, 0.05) is 23.7 Å². The van der Waals surface area contributed by atoms with E-state index >= 15 is 0 Å². The quantitative estimate of drug-likeness (QED) is 0.298. The zero-order chi connectivity index (χ0) is 33.9. The van der Waals surface area contributed by atoms with Crippen LogP contribution in [0.25, 0.3) is 0 Å². The van der Waals surface area contributed by atoms with Gasteiger partial charge >= 0.3 is 12.4 Å². The Morgan fingerprint density at radius 1 is 0.479 bits per heavy atom. The number of Topliss-reactive ketones (excluding diaryl/α,β-unsaturated/α-hetero) is 2. The lowest BCUT2D eigenvalue weighted by Gasteiger charge is -2.51. The SMILES string of the molecule is Cc1cc(C)cc(C2CCC3C(C2)C(=O)C2CCC4C(CCC5C(=O)C6CC(c7cc(C(F)(F)F)cc(C(F)(F)F)c7)CCC6C54)C23)c1. The third-order valence-electron chi connectivity index (χ3n) is 14.1. The maximum absolute atomic E-state index is 14.0. The number of hydrogen-bond acceptors (Lipinski definition) is 2. The molecule has 8 rings (SSSR count). The van der Waals surface area contributed by atoms with E-state index in [1.54, 1.807) is 0 Å². The predicted octanol–water partition coefficient (Wildman–Crippen LogP) is 10.5. The van der Waals surface area contributed by atoms with Gasteiger partial charge < -0.3 is 0 Å². The number of rotatable bonds is 2. The molecule has 12 atom stereocenters. The molecule has 6 aliphatic carbocycles. The molecule has 2 aromatic carbocycles. The number of ketones is 2. The van der Waals surface area contributed by atoms with Gasteiger partial charge in [0.1, 0.15) is 11.6 Å². The molecule has 48 heavy (non-hydrogen) atoms. The molecule has 12 unspecified atom stereocenters. The highest BCUT2D eigenvalue weighted by molar-refractivity contribution is 5.88. The Balaban J connectivity index is 1.02. The van der Waals surface area contributed by atoms with E-state index in [4.69, 9.17) is 0 Å². The standard InChI is InChI=1S/C40H44F6O2/c1-19-11-20(2)13-23(12-19)21-3-5-29-33(16-21)37(47)31-9-7-28-27(35(29)31)8-10-32-36(28)30-6-4-22(17-34(30)38(32)48)24-14-25(39(41,42)43)18-26(15-24)40(44,45)46/h11-15,18,21-22,27-36H,3-10,16-17H2,1-2H3. The molecule has 8 heteroatoms. The predicted molar refractivity (Wildman–Crippen MR) is 169 cm³/mol. The van der Waals surface area contributed by atoms with Crippen LogP contribution in [0.4, 0.5) is 26.3 Å². The Kier molecular flexibility index (Phi) is 7.76. The highest BCUT2D eigenvalue weighted by atomic mass is 19.4. The van der Waals surface area contributed by atoms with E-state index in [0.29, 0.717) is 54.6 Å². The first-order valence-electron chi connectivity index (χ1n) is 18.1. The first-order chi connectivity index (χ1) is 22.7. The van der Waals surface area contributed by atoms with E-state index in [1.165, 1.54) is 16.7 Å². The van der Waals surface area contributed by atoms with E-state index in [1.807, 2.05) is 0 Å². The first kappa shape index (κ1) is 32.6. The fourth-order valence-electron chi connectivity index (χ4n) is 12.6. The van der Waals surface area contributed by atoms with Crippen molar-refractivity contribution < 1.29 is 35.9 Å². The second-order valence-electron chi connectivity index (χ2n) is 16.5. The van der Waals surface area contributed by atoms with Gasteiger partial charge in [0.05, 0.1) is 11.1 Å². The van der Waals surface area contributed by atoms with E-state index in [0.717, 1.165) is 57.1 Å². The minimum atomic E-state index is -4.89. The van der Waals surface area contributed by atoms with Gasteiger partial charge in [-0.25, -0.2) is 0 Å². The number of carbonyl (C=O) groups is 2. The van der Waals surface area contributed by atoms with Crippen LogP contribution in [0.5, 0.6) is 0 Å². The van der Waals surface area contributed by atoms with Gasteiger partial charge in [-0.1, -0.05) is 29.3 Å². The number of carbonyl (C=O) groups excluding carboxylic acids is 2. The van der Waals surface area contributed by atoms with Crippen LogP contribution < -0.4 is 0 Å². The maximum Gasteiger partial charge on any atom is 0.416 e. The van der Waals surface area contributed by atoms with Gasteiger partial charge in [0.2, 0.25) is 0 Å². The van der Waals surface area contributed by atoms with Crippen LogP contribution in [-0.2, 0) is 21.9 Å². The molecule has 258 valence electrons. The van der Waals surface area contributed by atoms with Crippen molar-refractivity contribution in [2.75, 3.05) is 0 Å². The van der Waals surface area contributed by atoms with Crippen molar-refractivity contribution in [2.24, 2.45) is 59.2 Å². The third-order valence-corrected chi connectivity index (χ3v) is 14.1. The van der Waals surface area contributed by atoms with Crippen LogP contribution in [0.15, 0.2) is 36.4 Å². The number of hydrogen-bond donors (Lipinski definition) is 0. The third kappa shape index (κ3) is 5.28. The fraction of sp³-hybridized carbons (Fsp3) is 0.650. The van der Waals surface area contributed by atoms with Crippen molar-refractivity contribution in [3.8, 4) is 0 Å². The summed E-state index contributed by atoms with van der Waals surface area (Å²) in [5, 5.41) is 0. The lowest BCUT2D eigenvalue weighted by molar-refractivity contribution is -0.143. The molecule has 0 bridgehead atoms. The zero-order valence-electron chi connectivity index (χ0n) is 27.5. The largest absolute Gasteiger partial charge is 0.416 e. The molecule has 0 N–H and O–H groups in total. The molecule has 6 aliphatic rings. The van der Waals surface area contributed by atoms with Crippen LogP contribution >= 0.6 is 0 Å². The monoisotopic (exact) mass is 670 g/mol. The Morgan fingerprint density at radius 2 is 0.875 bits per heavy atom. The summed E-state index contributed by atoms with van der Waals surface area (Å²) in [7, 11) is 0. The van der Waals surface area contributed by atoms with Crippen molar-refractivity contribution in [3.63, 3.8) is 0 Å². The maximum atomic E-state index is 14.0. The van der Waals surface area contributed by atoms with Crippen LogP contribution in [0.1, 0.15) is 109 Å². The van der Waals surface area contributed by atoms with E-state index < -0.39 is 29.4 Å². The minimum Gasteiger partial charge on any atom is -0.299 e. The van der Waals surface area contributed by atoms with Crippen LogP contribution in [0, 0.1) is 73.0 Å². The van der Waals surface area contributed by atoms with Gasteiger partial charge in [-0.2, -0.15) is 26.3 Å². The molecule has 2 aromatic rings. The summed E-state index contributed by atoms with van der Waals surface area (Å²) in [6.07, 6.45) is -1.66. The van der Waals surface area contributed by atoms with Crippen molar-refractivity contribution >= 4 is 11.6 Å². The Bertz CT molecular complexity index is 1570. The summed E-state index contributed by atoms with van der Waals surface area (Å²) >= 11 is 0. The average Bonchev–Trinajstić information content (AvgIpc) is 3.49. The highest BCUT2D eigenvalue weighted by Gasteiger charge is 2.63. The Hall–Kier alpha value is -2.64. The van der Waals surface area contributed by atoms with Crippen molar-refractivity contribution in [1.29, 1.82) is 0 Å². The van der Waals surface area contributed by atoms with E-state index in [9.17, 15) is 35.9 Å². The summed E-state index contributed by atoms with van der Waals surface area (Å²) < 4.78 is 81.9. The average molecular weight is 671 g/mol. The van der Waals surface area contributed by atoms with Crippen LogP contribution in [-0.4, -0.2) is 11.6 Å². The molecule has 0 aliphatic heterocycles. The van der Waals surface area contributed by atoms with Gasteiger partial charge in [-0.3, -0.25) is 9.59 Å².